The summed E-state index contributed by atoms with van der Waals surface area (Å²) >= 11 is 0. The molecule has 2 rings (SSSR count). The number of benzene rings is 1. The number of methoxy groups -OCH3 is 1. The first-order valence-electron chi connectivity index (χ1n) is 5.35. The van der Waals surface area contributed by atoms with Crippen molar-refractivity contribution in [3.05, 3.63) is 35.9 Å². The van der Waals surface area contributed by atoms with Crippen LogP contribution in [0.3, 0.4) is 0 Å². The minimum Gasteiger partial charge on any atom is -0.469 e. The topological polar surface area (TPSA) is 43.4 Å². The van der Waals surface area contributed by atoms with Crippen LogP contribution in [0.2, 0.25) is 0 Å². The first-order valence-corrected chi connectivity index (χ1v) is 5.35. The molecule has 3 nitrogen and oxygen atoms in total. The molecule has 0 N–H and O–H groups in total. The summed E-state index contributed by atoms with van der Waals surface area (Å²) in [5.74, 6) is -0.474. The van der Waals surface area contributed by atoms with Crippen molar-refractivity contribution in [2.45, 2.75) is 24.7 Å². The van der Waals surface area contributed by atoms with Gasteiger partial charge in [0.15, 0.2) is 5.78 Å². The molecule has 1 aromatic rings. The quantitative estimate of drug-likeness (QED) is 0.572. The number of esters is 1. The number of hydrogen-bond donors (Lipinski definition) is 0. The molecule has 1 saturated carbocycles. The third kappa shape index (κ3) is 1.85. The Morgan fingerprint density at radius 2 is 1.88 bits per heavy atom. The first-order chi connectivity index (χ1) is 7.69. The molecular formula is C13H14O3. The largest absolute Gasteiger partial charge is 0.469 e. The predicted octanol–water partition coefficient (Wildman–Crippen LogP) is 1.85. The van der Waals surface area contributed by atoms with Gasteiger partial charge in [0, 0.05) is 0 Å². The van der Waals surface area contributed by atoms with Crippen molar-refractivity contribution < 1.29 is 14.3 Å². The van der Waals surface area contributed by atoms with Crippen molar-refractivity contribution in [3.8, 4) is 0 Å². The molecule has 1 aliphatic carbocycles. The van der Waals surface area contributed by atoms with Crippen LogP contribution in [0.25, 0.3) is 0 Å². The summed E-state index contributed by atoms with van der Waals surface area (Å²) in [7, 11) is 1.30. The van der Waals surface area contributed by atoms with Crippen LogP contribution in [0.1, 0.15) is 24.8 Å². The summed E-state index contributed by atoms with van der Waals surface area (Å²) in [4.78, 5) is 23.1. The van der Waals surface area contributed by atoms with E-state index in [4.69, 9.17) is 0 Å². The maximum Gasteiger partial charge on any atom is 0.313 e. The van der Waals surface area contributed by atoms with E-state index in [2.05, 4.69) is 4.74 Å². The molecule has 0 aromatic heterocycles. The number of rotatable bonds is 4. The molecule has 3 heteroatoms. The van der Waals surface area contributed by atoms with Crippen LogP contribution in [-0.4, -0.2) is 18.9 Å². The Morgan fingerprint density at radius 1 is 1.25 bits per heavy atom. The van der Waals surface area contributed by atoms with Crippen LogP contribution in [0.4, 0.5) is 0 Å². The number of ketones is 1. The minimum absolute atomic E-state index is 0.0226. The lowest BCUT2D eigenvalue weighted by Gasteiger charge is -2.13. The Balaban J connectivity index is 2.15. The van der Waals surface area contributed by atoms with Gasteiger partial charge in [-0.1, -0.05) is 30.3 Å². The molecule has 0 aliphatic heterocycles. The van der Waals surface area contributed by atoms with Crippen LogP contribution in [0.5, 0.6) is 0 Å². The lowest BCUT2D eigenvalue weighted by molar-refractivity contribution is -0.143. The molecule has 0 atom stereocenters. The Hall–Kier alpha value is -1.64. The molecule has 0 saturated heterocycles. The van der Waals surface area contributed by atoms with Crippen LogP contribution >= 0.6 is 0 Å². The maximum atomic E-state index is 12.0. The van der Waals surface area contributed by atoms with E-state index >= 15 is 0 Å². The normalized spacial score (nSPS) is 16.6. The fourth-order valence-corrected chi connectivity index (χ4v) is 1.98. The number of carbonyl (C=O) groups excluding carboxylic acids is 2. The molecule has 16 heavy (non-hydrogen) atoms. The Labute approximate surface area is 94.4 Å². The van der Waals surface area contributed by atoms with Gasteiger partial charge in [-0.3, -0.25) is 9.59 Å². The van der Waals surface area contributed by atoms with Crippen molar-refractivity contribution in [1.29, 1.82) is 0 Å². The molecular weight excluding hydrogens is 204 g/mol. The van der Waals surface area contributed by atoms with Gasteiger partial charge in [-0.2, -0.15) is 0 Å². The second kappa shape index (κ2) is 4.08. The third-order valence-corrected chi connectivity index (χ3v) is 3.14. The second-order valence-electron chi connectivity index (χ2n) is 4.12. The average molecular weight is 218 g/mol. The zero-order valence-electron chi connectivity index (χ0n) is 9.23. The third-order valence-electron chi connectivity index (χ3n) is 3.14. The van der Waals surface area contributed by atoms with Crippen molar-refractivity contribution in [3.63, 3.8) is 0 Å². The lowest BCUT2D eigenvalue weighted by Crippen LogP contribution is -2.23. The highest BCUT2D eigenvalue weighted by atomic mass is 16.5. The Morgan fingerprint density at radius 3 is 2.38 bits per heavy atom. The van der Waals surface area contributed by atoms with E-state index in [0.29, 0.717) is 0 Å². The van der Waals surface area contributed by atoms with Crippen molar-refractivity contribution in [1.82, 2.24) is 0 Å². The van der Waals surface area contributed by atoms with Crippen LogP contribution < -0.4 is 0 Å². The number of ether oxygens (including phenoxy) is 1. The van der Waals surface area contributed by atoms with E-state index in [9.17, 15) is 9.59 Å². The number of hydrogen-bond acceptors (Lipinski definition) is 3. The number of carbonyl (C=O) groups is 2. The molecule has 1 aliphatic rings. The highest BCUT2D eigenvalue weighted by Crippen LogP contribution is 2.49. The van der Waals surface area contributed by atoms with Gasteiger partial charge < -0.3 is 4.74 Å². The van der Waals surface area contributed by atoms with Crippen LogP contribution in [0.15, 0.2) is 30.3 Å². The average Bonchev–Trinajstić information content (AvgIpc) is 3.11. The molecule has 0 amide bonds. The van der Waals surface area contributed by atoms with Gasteiger partial charge in [-0.15, -0.1) is 0 Å². The van der Waals surface area contributed by atoms with Gasteiger partial charge in [-0.25, -0.2) is 0 Å². The molecule has 0 bridgehead atoms. The Kier molecular flexibility index (Phi) is 2.77. The standard InChI is InChI=1S/C13H14O3/c1-16-12(15)9-11(14)13(7-8-13)10-5-3-2-4-6-10/h2-6H,7-9H2,1H3. The number of Topliss-reactive ketones (excluding diaryl/α,β-unsaturated/α-hetero) is 1. The van der Waals surface area contributed by atoms with Crippen molar-refractivity contribution >= 4 is 11.8 Å². The fourth-order valence-electron chi connectivity index (χ4n) is 1.98. The van der Waals surface area contributed by atoms with Gasteiger partial charge >= 0.3 is 5.97 Å². The van der Waals surface area contributed by atoms with E-state index < -0.39 is 11.4 Å². The van der Waals surface area contributed by atoms with Crippen LogP contribution in [0, 0.1) is 0 Å². The zero-order valence-corrected chi connectivity index (χ0v) is 9.23. The predicted molar refractivity (Wildman–Crippen MR) is 59.0 cm³/mol. The molecule has 0 spiro atoms. The summed E-state index contributed by atoms with van der Waals surface area (Å²) in [6.07, 6.45) is 1.56. The van der Waals surface area contributed by atoms with E-state index in [1.165, 1.54) is 7.11 Å². The van der Waals surface area contributed by atoms with Crippen LogP contribution in [-0.2, 0) is 19.7 Å². The molecule has 0 radical (unpaired) electrons. The monoisotopic (exact) mass is 218 g/mol. The highest BCUT2D eigenvalue weighted by molar-refractivity contribution is 6.03. The molecule has 84 valence electrons. The zero-order chi connectivity index (χ0) is 11.6. The van der Waals surface area contributed by atoms with Gasteiger partial charge in [0.05, 0.1) is 12.5 Å². The van der Waals surface area contributed by atoms with Crippen molar-refractivity contribution in [2.24, 2.45) is 0 Å². The van der Waals surface area contributed by atoms with E-state index in [0.717, 1.165) is 18.4 Å². The second-order valence-corrected chi connectivity index (χ2v) is 4.12. The lowest BCUT2D eigenvalue weighted by atomic mass is 9.90. The molecule has 1 aromatic carbocycles. The summed E-state index contributed by atoms with van der Waals surface area (Å²) in [6, 6.07) is 9.65. The molecule has 0 unspecified atom stereocenters. The SMILES string of the molecule is COC(=O)CC(=O)C1(c2ccccc2)CC1. The summed E-state index contributed by atoms with van der Waals surface area (Å²) in [6.45, 7) is 0. The van der Waals surface area contributed by atoms with E-state index in [-0.39, 0.29) is 12.2 Å². The highest BCUT2D eigenvalue weighted by Gasteiger charge is 2.50. The summed E-state index contributed by atoms with van der Waals surface area (Å²) in [5.41, 5.74) is 0.610. The Bertz CT molecular complexity index is 404. The fraction of sp³-hybridized carbons (Fsp3) is 0.385. The van der Waals surface area contributed by atoms with Crippen molar-refractivity contribution in [2.75, 3.05) is 7.11 Å². The van der Waals surface area contributed by atoms with Gasteiger partial charge in [0.1, 0.15) is 6.42 Å². The molecule has 0 heterocycles. The summed E-state index contributed by atoms with van der Waals surface area (Å²) in [5, 5.41) is 0. The first kappa shape index (κ1) is 10.9. The molecule has 1 fully saturated rings. The van der Waals surface area contributed by atoms with Gasteiger partial charge in [0.2, 0.25) is 0 Å². The smallest absolute Gasteiger partial charge is 0.313 e. The van der Waals surface area contributed by atoms with Gasteiger partial charge in [-0.05, 0) is 18.4 Å². The maximum absolute atomic E-state index is 12.0. The van der Waals surface area contributed by atoms with E-state index in [1.54, 1.807) is 0 Å². The van der Waals surface area contributed by atoms with E-state index in [1.807, 2.05) is 30.3 Å². The minimum atomic E-state index is -0.452. The van der Waals surface area contributed by atoms with Gasteiger partial charge in [0.25, 0.3) is 0 Å². The summed E-state index contributed by atoms with van der Waals surface area (Å²) < 4.78 is 4.52.